The predicted molar refractivity (Wildman–Crippen MR) is 71.1 cm³/mol. The maximum absolute atomic E-state index is 8.67. The first-order chi connectivity index (χ1) is 7.79. The summed E-state index contributed by atoms with van der Waals surface area (Å²) in [5, 5.41) is 8.67. The number of aliphatic hydroxyl groups excluding tert-OH is 1. The summed E-state index contributed by atoms with van der Waals surface area (Å²) in [4.78, 5) is 4.51. The molecule has 0 saturated carbocycles. The SMILES string of the molecule is Nc1ccc2nc(SCCCCO)sc2c1. The Bertz CT molecular complexity index is 470. The van der Waals surface area contributed by atoms with E-state index in [0.29, 0.717) is 0 Å². The Morgan fingerprint density at radius 2 is 2.25 bits per heavy atom. The highest BCUT2D eigenvalue weighted by Gasteiger charge is 2.04. The third-order valence-corrected chi connectivity index (χ3v) is 4.42. The third-order valence-electron chi connectivity index (χ3n) is 2.17. The van der Waals surface area contributed by atoms with Gasteiger partial charge in [-0.1, -0.05) is 11.8 Å². The average Bonchev–Trinajstić information content (AvgIpc) is 2.66. The highest BCUT2D eigenvalue weighted by atomic mass is 32.2. The summed E-state index contributed by atoms with van der Waals surface area (Å²) in [6.07, 6.45) is 1.89. The van der Waals surface area contributed by atoms with Gasteiger partial charge < -0.3 is 10.8 Å². The van der Waals surface area contributed by atoms with Crippen LogP contribution in [0, 0.1) is 0 Å². The van der Waals surface area contributed by atoms with E-state index in [-0.39, 0.29) is 6.61 Å². The van der Waals surface area contributed by atoms with Gasteiger partial charge in [0.2, 0.25) is 0 Å². The first-order valence-corrected chi connectivity index (χ1v) is 6.99. The molecular formula is C11H14N2OS2. The molecule has 0 saturated heterocycles. The zero-order valence-electron chi connectivity index (χ0n) is 8.85. The molecule has 1 aromatic carbocycles. The fourth-order valence-electron chi connectivity index (χ4n) is 1.36. The molecule has 1 aromatic heterocycles. The minimum Gasteiger partial charge on any atom is -0.399 e. The quantitative estimate of drug-likeness (QED) is 0.489. The number of nitrogens with two attached hydrogens (primary N) is 1. The van der Waals surface area contributed by atoms with Crippen molar-refractivity contribution in [3.63, 3.8) is 0 Å². The van der Waals surface area contributed by atoms with Gasteiger partial charge in [0.15, 0.2) is 4.34 Å². The van der Waals surface area contributed by atoms with Crippen LogP contribution in [0.1, 0.15) is 12.8 Å². The Labute approximate surface area is 103 Å². The number of benzene rings is 1. The molecular weight excluding hydrogens is 240 g/mol. The largest absolute Gasteiger partial charge is 0.399 e. The van der Waals surface area contributed by atoms with Gasteiger partial charge in [-0.05, 0) is 31.0 Å². The Morgan fingerprint density at radius 1 is 1.38 bits per heavy atom. The molecule has 86 valence electrons. The van der Waals surface area contributed by atoms with Crippen LogP contribution in [-0.4, -0.2) is 22.5 Å². The lowest BCUT2D eigenvalue weighted by atomic mass is 10.3. The van der Waals surface area contributed by atoms with Crippen LogP contribution in [0.3, 0.4) is 0 Å². The fourth-order valence-corrected chi connectivity index (χ4v) is 3.54. The number of nitrogen functional groups attached to an aromatic ring is 1. The number of rotatable bonds is 5. The van der Waals surface area contributed by atoms with Gasteiger partial charge in [0.25, 0.3) is 0 Å². The van der Waals surface area contributed by atoms with Crippen molar-refractivity contribution in [2.45, 2.75) is 17.2 Å². The first-order valence-electron chi connectivity index (χ1n) is 5.19. The summed E-state index contributed by atoms with van der Waals surface area (Å²) in [5.41, 5.74) is 7.52. The molecule has 2 aromatic rings. The summed E-state index contributed by atoms with van der Waals surface area (Å²) >= 11 is 3.43. The summed E-state index contributed by atoms with van der Waals surface area (Å²) in [5.74, 6) is 1.01. The summed E-state index contributed by atoms with van der Waals surface area (Å²) in [6.45, 7) is 0.275. The number of aliphatic hydroxyl groups is 1. The molecule has 0 aliphatic carbocycles. The standard InChI is InChI=1S/C11H14N2OS2/c12-8-3-4-9-10(7-8)16-11(13-9)15-6-2-1-5-14/h3-4,7,14H,1-2,5-6,12H2. The zero-order chi connectivity index (χ0) is 11.4. The van der Waals surface area contributed by atoms with Crippen molar-refractivity contribution in [1.82, 2.24) is 4.98 Å². The van der Waals surface area contributed by atoms with Crippen LogP contribution in [0.25, 0.3) is 10.2 Å². The highest BCUT2D eigenvalue weighted by Crippen LogP contribution is 2.30. The van der Waals surface area contributed by atoms with Crippen molar-refractivity contribution >= 4 is 39.0 Å². The molecule has 0 unspecified atom stereocenters. The third kappa shape index (κ3) is 2.87. The number of anilines is 1. The molecule has 0 amide bonds. The number of hydrogen-bond donors (Lipinski definition) is 2. The molecule has 0 spiro atoms. The maximum atomic E-state index is 8.67. The van der Waals surface area contributed by atoms with Crippen molar-refractivity contribution in [3.8, 4) is 0 Å². The van der Waals surface area contributed by atoms with Crippen molar-refractivity contribution < 1.29 is 5.11 Å². The van der Waals surface area contributed by atoms with Gasteiger partial charge in [-0.2, -0.15) is 0 Å². The number of hydrogen-bond acceptors (Lipinski definition) is 5. The molecule has 0 fully saturated rings. The van der Waals surface area contributed by atoms with Crippen LogP contribution in [0.2, 0.25) is 0 Å². The molecule has 16 heavy (non-hydrogen) atoms. The van der Waals surface area contributed by atoms with Crippen LogP contribution in [0.15, 0.2) is 22.5 Å². The zero-order valence-corrected chi connectivity index (χ0v) is 10.5. The number of fused-ring (bicyclic) bond motifs is 1. The van der Waals surface area contributed by atoms with E-state index < -0.39 is 0 Å². The van der Waals surface area contributed by atoms with Gasteiger partial charge in [-0.25, -0.2) is 4.98 Å². The minimum absolute atomic E-state index is 0.275. The minimum atomic E-state index is 0.275. The van der Waals surface area contributed by atoms with Crippen molar-refractivity contribution in [2.75, 3.05) is 18.1 Å². The van der Waals surface area contributed by atoms with Gasteiger partial charge in [0.1, 0.15) is 0 Å². The molecule has 1 heterocycles. The van der Waals surface area contributed by atoms with E-state index in [1.165, 1.54) is 0 Å². The molecule has 0 bridgehead atoms. The lowest BCUT2D eigenvalue weighted by Crippen LogP contribution is -1.84. The Morgan fingerprint density at radius 3 is 3.06 bits per heavy atom. The Hall–Kier alpha value is -0.780. The monoisotopic (exact) mass is 254 g/mol. The van der Waals surface area contributed by atoms with E-state index in [0.717, 1.165) is 38.8 Å². The molecule has 3 nitrogen and oxygen atoms in total. The number of thiazole rings is 1. The molecule has 5 heteroatoms. The summed E-state index contributed by atoms with van der Waals surface area (Å²) < 4.78 is 2.23. The van der Waals surface area contributed by atoms with E-state index in [4.69, 9.17) is 10.8 Å². The molecule has 0 aliphatic heterocycles. The molecule has 3 N–H and O–H groups in total. The van der Waals surface area contributed by atoms with Crippen LogP contribution >= 0.6 is 23.1 Å². The second kappa shape index (κ2) is 5.52. The molecule has 0 aliphatic rings. The van der Waals surface area contributed by atoms with Crippen molar-refractivity contribution in [3.05, 3.63) is 18.2 Å². The lowest BCUT2D eigenvalue weighted by molar-refractivity contribution is 0.287. The Balaban J connectivity index is 2.02. The normalized spacial score (nSPS) is 11.1. The molecule has 2 rings (SSSR count). The Kier molecular flexibility index (Phi) is 4.04. The van der Waals surface area contributed by atoms with Gasteiger partial charge in [-0.3, -0.25) is 0 Å². The maximum Gasteiger partial charge on any atom is 0.151 e. The van der Waals surface area contributed by atoms with Gasteiger partial charge in [-0.15, -0.1) is 11.3 Å². The van der Waals surface area contributed by atoms with Crippen molar-refractivity contribution in [2.24, 2.45) is 0 Å². The second-order valence-corrected chi connectivity index (χ2v) is 5.86. The van der Waals surface area contributed by atoms with Crippen LogP contribution in [0.5, 0.6) is 0 Å². The van der Waals surface area contributed by atoms with E-state index in [9.17, 15) is 0 Å². The number of thioether (sulfide) groups is 1. The van der Waals surface area contributed by atoms with E-state index >= 15 is 0 Å². The topological polar surface area (TPSA) is 59.1 Å². The van der Waals surface area contributed by atoms with Gasteiger partial charge >= 0.3 is 0 Å². The number of aromatic nitrogens is 1. The van der Waals surface area contributed by atoms with Crippen LogP contribution < -0.4 is 5.73 Å². The first kappa shape index (κ1) is 11.7. The fraction of sp³-hybridized carbons (Fsp3) is 0.364. The van der Waals surface area contributed by atoms with Crippen molar-refractivity contribution in [1.29, 1.82) is 0 Å². The van der Waals surface area contributed by atoms with Crippen LogP contribution in [-0.2, 0) is 0 Å². The average molecular weight is 254 g/mol. The predicted octanol–water partition coefficient (Wildman–Crippen LogP) is 2.74. The van der Waals surface area contributed by atoms with E-state index in [1.54, 1.807) is 23.1 Å². The highest BCUT2D eigenvalue weighted by molar-refractivity contribution is 8.01. The molecule has 0 atom stereocenters. The van der Waals surface area contributed by atoms with E-state index in [2.05, 4.69) is 4.98 Å². The number of nitrogens with zero attached hydrogens (tertiary/aromatic N) is 1. The van der Waals surface area contributed by atoms with Gasteiger partial charge in [0, 0.05) is 18.0 Å². The van der Waals surface area contributed by atoms with Gasteiger partial charge in [0.05, 0.1) is 10.2 Å². The summed E-state index contributed by atoms with van der Waals surface area (Å²) in [6, 6.07) is 5.80. The molecule has 0 radical (unpaired) electrons. The lowest BCUT2D eigenvalue weighted by Gasteiger charge is -1.94. The second-order valence-electron chi connectivity index (χ2n) is 3.49. The number of unbranched alkanes of at least 4 members (excludes halogenated alkanes) is 1. The van der Waals surface area contributed by atoms with E-state index in [1.807, 2.05) is 18.2 Å². The summed E-state index contributed by atoms with van der Waals surface area (Å²) in [7, 11) is 0. The van der Waals surface area contributed by atoms with Crippen LogP contribution in [0.4, 0.5) is 5.69 Å². The smallest absolute Gasteiger partial charge is 0.151 e.